The number of allylic oxidation sites excluding steroid dienone is 2. The molecule has 0 N–H and O–H groups in total. The topological polar surface area (TPSA) is 14.2 Å². The molecule has 0 spiro atoms. The number of benzene rings is 1. The summed E-state index contributed by atoms with van der Waals surface area (Å²) in [5.74, 6) is 0. The number of fused-ring (bicyclic) bond motifs is 3. The Balaban J connectivity index is 1.83. The van der Waals surface area contributed by atoms with Gasteiger partial charge in [0.15, 0.2) is 8.32 Å². The summed E-state index contributed by atoms with van der Waals surface area (Å²) in [5.41, 5.74) is 5.66. The van der Waals surface area contributed by atoms with Crippen LogP contribution in [0.3, 0.4) is 0 Å². The Bertz CT molecular complexity index is 792. The summed E-state index contributed by atoms with van der Waals surface area (Å²) in [6.07, 6.45) is 1.06. The summed E-state index contributed by atoms with van der Waals surface area (Å²) in [6.45, 7) is 17.0. The third-order valence-electron chi connectivity index (χ3n) is 6.20. The number of para-hydroxylation sites is 1. The maximum Gasteiger partial charge on any atom is 0.191 e. The van der Waals surface area contributed by atoms with E-state index in [9.17, 15) is 0 Å². The van der Waals surface area contributed by atoms with Crippen LogP contribution in [-0.4, -0.2) is 19.5 Å². The molecule has 130 valence electrons. The molecule has 1 aromatic carbocycles. The van der Waals surface area contributed by atoms with Crippen LogP contribution in [0.25, 0.3) is 16.5 Å². The average molecular weight is 342 g/mol. The van der Waals surface area contributed by atoms with E-state index in [1.54, 1.807) is 0 Å². The van der Waals surface area contributed by atoms with Gasteiger partial charge in [-0.25, -0.2) is 0 Å². The second-order valence-electron chi connectivity index (χ2n) is 8.68. The van der Waals surface area contributed by atoms with Crippen LogP contribution in [0.2, 0.25) is 18.1 Å². The van der Waals surface area contributed by atoms with Gasteiger partial charge in [0.2, 0.25) is 0 Å². The molecule has 0 bridgehead atoms. The molecule has 24 heavy (non-hydrogen) atoms. The lowest BCUT2D eigenvalue weighted by Crippen LogP contribution is -2.41. The molecule has 1 aromatic heterocycles. The second kappa shape index (κ2) is 5.89. The zero-order valence-corrected chi connectivity index (χ0v) is 17.2. The first-order chi connectivity index (χ1) is 11.1. The third-order valence-corrected chi connectivity index (χ3v) is 10.7. The fourth-order valence-electron chi connectivity index (χ4n) is 3.43. The van der Waals surface area contributed by atoms with E-state index in [1.165, 1.54) is 27.7 Å². The molecule has 3 heteroatoms. The molecular formula is C21H31NOSi. The molecule has 0 radical (unpaired) electrons. The van der Waals surface area contributed by atoms with Crippen LogP contribution in [0.1, 0.15) is 52.8 Å². The SMILES string of the molecule is CC1=C(C)C(CCO[Si](C)(C)C(C)(C)C)n2c1cc1ccccc12. The maximum absolute atomic E-state index is 6.45. The van der Waals surface area contributed by atoms with Gasteiger partial charge >= 0.3 is 0 Å². The van der Waals surface area contributed by atoms with Crippen LogP contribution >= 0.6 is 0 Å². The smallest absolute Gasteiger partial charge is 0.191 e. The first-order valence-electron chi connectivity index (χ1n) is 9.05. The van der Waals surface area contributed by atoms with Gasteiger partial charge in [0.1, 0.15) is 0 Å². The molecule has 0 fully saturated rings. The largest absolute Gasteiger partial charge is 0.417 e. The lowest BCUT2D eigenvalue weighted by Gasteiger charge is -2.36. The van der Waals surface area contributed by atoms with E-state index < -0.39 is 8.32 Å². The van der Waals surface area contributed by atoms with Crippen molar-refractivity contribution < 1.29 is 4.43 Å². The van der Waals surface area contributed by atoms with Crippen molar-refractivity contribution in [3.63, 3.8) is 0 Å². The zero-order chi connectivity index (χ0) is 17.7. The number of aromatic nitrogens is 1. The van der Waals surface area contributed by atoms with Crippen LogP contribution in [0.5, 0.6) is 0 Å². The summed E-state index contributed by atoms with van der Waals surface area (Å²) in [6, 6.07) is 11.5. The third kappa shape index (κ3) is 2.78. The predicted molar refractivity (Wildman–Crippen MR) is 107 cm³/mol. The summed E-state index contributed by atoms with van der Waals surface area (Å²) >= 11 is 0. The molecule has 2 heterocycles. The fraction of sp³-hybridized carbons (Fsp3) is 0.524. The van der Waals surface area contributed by atoms with Gasteiger partial charge in [-0.3, -0.25) is 0 Å². The van der Waals surface area contributed by atoms with Gasteiger partial charge in [0.05, 0.1) is 6.04 Å². The lowest BCUT2D eigenvalue weighted by molar-refractivity contribution is 0.266. The Labute approximate surface area is 147 Å². The van der Waals surface area contributed by atoms with Crippen LogP contribution in [-0.2, 0) is 4.43 Å². The van der Waals surface area contributed by atoms with E-state index in [2.05, 4.69) is 82.6 Å². The highest BCUT2D eigenvalue weighted by Gasteiger charge is 2.37. The summed E-state index contributed by atoms with van der Waals surface area (Å²) in [7, 11) is -1.67. The highest BCUT2D eigenvalue weighted by Crippen LogP contribution is 2.43. The molecule has 0 saturated heterocycles. The van der Waals surface area contributed by atoms with E-state index in [0.717, 1.165) is 13.0 Å². The summed E-state index contributed by atoms with van der Waals surface area (Å²) < 4.78 is 8.97. The van der Waals surface area contributed by atoms with Crippen LogP contribution in [0.4, 0.5) is 0 Å². The van der Waals surface area contributed by atoms with Crippen molar-refractivity contribution in [3.8, 4) is 0 Å². The van der Waals surface area contributed by atoms with Gasteiger partial charge in [0, 0.05) is 23.2 Å². The van der Waals surface area contributed by atoms with E-state index in [1.807, 2.05) is 0 Å². The van der Waals surface area contributed by atoms with Crippen molar-refractivity contribution in [3.05, 3.63) is 41.6 Å². The molecule has 0 aliphatic carbocycles. The Morgan fingerprint density at radius 1 is 1.12 bits per heavy atom. The molecule has 3 rings (SSSR count). The lowest BCUT2D eigenvalue weighted by atomic mass is 10.0. The highest BCUT2D eigenvalue weighted by molar-refractivity contribution is 6.74. The van der Waals surface area contributed by atoms with Gasteiger partial charge in [0.25, 0.3) is 0 Å². The first kappa shape index (κ1) is 17.5. The van der Waals surface area contributed by atoms with Crippen molar-refractivity contribution in [1.82, 2.24) is 4.57 Å². The fourth-order valence-corrected chi connectivity index (χ4v) is 4.49. The number of hydrogen-bond donors (Lipinski definition) is 0. The normalized spacial score (nSPS) is 18.5. The van der Waals surface area contributed by atoms with Crippen molar-refractivity contribution in [2.45, 2.75) is 65.2 Å². The van der Waals surface area contributed by atoms with Crippen LogP contribution in [0.15, 0.2) is 35.9 Å². The summed E-state index contributed by atoms with van der Waals surface area (Å²) in [4.78, 5) is 0. The van der Waals surface area contributed by atoms with Crippen molar-refractivity contribution >= 4 is 24.8 Å². The Kier molecular flexibility index (Phi) is 4.29. The van der Waals surface area contributed by atoms with Crippen molar-refractivity contribution in [2.24, 2.45) is 0 Å². The Morgan fingerprint density at radius 3 is 2.46 bits per heavy atom. The monoisotopic (exact) mass is 341 g/mol. The molecular weight excluding hydrogens is 310 g/mol. The quantitative estimate of drug-likeness (QED) is 0.587. The minimum Gasteiger partial charge on any atom is -0.417 e. The van der Waals surface area contributed by atoms with Crippen LogP contribution < -0.4 is 0 Å². The van der Waals surface area contributed by atoms with Gasteiger partial charge in [-0.2, -0.15) is 0 Å². The Morgan fingerprint density at radius 2 is 1.79 bits per heavy atom. The van der Waals surface area contributed by atoms with E-state index >= 15 is 0 Å². The van der Waals surface area contributed by atoms with E-state index in [0.29, 0.717) is 6.04 Å². The van der Waals surface area contributed by atoms with Gasteiger partial charge < -0.3 is 8.99 Å². The molecule has 0 amide bonds. The second-order valence-corrected chi connectivity index (χ2v) is 13.5. The highest BCUT2D eigenvalue weighted by atomic mass is 28.4. The molecule has 1 aliphatic rings. The number of rotatable bonds is 4. The molecule has 2 nitrogen and oxygen atoms in total. The zero-order valence-electron chi connectivity index (χ0n) is 16.2. The standard InChI is InChI=1S/C21H31NOSi/c1-15-16(2)20-14-17-10-8-9-11-19(17)22(20)18(15)12-13-23-24(6,7)21(3,4)5/h8-11,14,18H,12-13H2,1-7H3. The van der Waals surface area contributed by atoms with Crippen molar-refractivity contribution in [1.29, 1.82) is 0 Å². The molecule has 0 saturated carbocycles. The minimum atomic E-state index is -1.67. The van der Waals surface area contributed by atoms with Crippen LogP contribution in [0, 0.1) is 0 Å². The summed E-state index contributed by atoms with van der Waals surface area (Å²) in [5, 5.41) is 1.61. The first-order valence-corrected chi connectivity index (χ1v) is 12.0. The Hall–Kier alpha value is -1.32. The van der Waals surface area contributed by atoms with Gasteiger partial charge in [-0.05, 0) is 61.7 Å². The van der Waals surface area contributed by atoms with E-state index in [-0.39, 0.29) is 5.04 Å². The average Bonchev–Trinajstić information content (AvgIpc) is 2.97. The minimum absolute atomic E-state index is 0.273. The van der Waals surface area contributed by atoms with Gasteiger partial charge in [-0.15, -0.1) is 0 Å². The predicted octanol–water partition coefficient (Wildman–Crippen LogP) is 6.40. The number of hydrogen-bond acceptors (Lipinski definition) is 1. The van der Waals surface area contributed by atoms with Gasteiger partial charge in [-0.1, -0.05) is 39.0 Å². The number of nitrogens with zero attached hydrogens (tertiary/aromatic N) is 1. The van der Waals surface area contributed by atoms with E-state index in [4.69, 9.17) is 4.43 Å². The van der Waals surface area contributed by atoms with Crippen molar-refractivity contribution in [2.75, 3.05) is 6.61 Å². The molecule has 1 aliphatic heterocycles. The molecule has 2 aromatic rings. The molecule has 1 atom stereocenters. The molecule has 1 unspecified atom stereocenters. The maximum atomic E-state index is 6.45.